The number of anilines is 2. The lowest BCUT2D eigenvalue weighted by atomic mass is 10.1. The van der Waals surface area contributed by atoms with Crippen molar-refractivity contribution in [1.82, 2.24) is 20.0 Å². The summed E-state index contributed by atoms with van der Waals surface area (Å²) in [5, 5.41) is 16.5. The fourth-order valence-corrected chi connectivity index (χ4v) is 5.35. The number of hydrogen-bond acceptors (Lipinski definition) is 10. The number of nitrogens with one attached hydrogen (secondary N) is 5. The van der Waals surface area contributed by atoms with Crippen molar-refractivity contribution in [3.8, 4) is 0 Å². The van der Waals surface area contributed by atoms with Crippen LogP contribution in [0.4, 0.5) is 16.2 Å². The van der Waals surface area contributed by atoms with Gasteiger partial charge >= 0.3 is 0 Å². The number of benzene rings is 1. The molecule has 0 radical (unpaired) electrons. The molecule has 2 aliphatic heterocycles. The molecule has 4 rings (SSSR count). The zero-order chi connectivity index (χ0) is 24.3. The highest BCUT2D eigenvalue weighted by Crippen LogP contribution is 2.30. The second kappa shape index (κ2) is 10.5. The van der Waals surface area contributed by atoms with Gasteiger partial charge in [-0.25, -0.2) is 22.5 Å². The molecular weight excluding hydrogens is 580 g/mol. The topological polar surface area (TPSA) is 150 Å². The third kappa shape index (κ3) is 5.46. The average molecular weight is 603 g/mol. The van der Waals surface area contributed by atoms with Gasteiger partial charge in [-0.3, -0.25) is 0 Å². The van der Waals surface area contributed by atoms with Crippen molar-refractivity contribution < 1.29 is 22.3 Å². The van der Waals surface area contributed by atoms with Crippen LogP contribution in [-0.4, -0.2) is 69.2 Å². The molecule has 3 unspecified atom stereocenters. The standard InChI is InChI=1S/C20H23FIN7O4S/c1-24-7-12(6-23)26-20-25-8-14(22)19(28-20)27-15-9-32-18-16(10-33-17(15)18)29-34(30,31)13-4-2-11(21)3-5-13/h2-8,15-18,23-24,29H,9-10H2,1H3,(H2,25,26,27,28)/b12-7+,23-6?/t15-,16?,17?,18?/m1/s1. The Bertz CT molecular complexity index is 1180. The molecule has 0 aliphatic carbocycles. The van der Waals surface area contributed by atoms with Crippen molar-refractivity contribution in [1.29, 1.82) is 5.41 Å². The number of nitrogens with zero attached hydrogens (tertiary/aromatic N) is 2. The smallest absolute Gasteiger partial charge is 0.240 e. The monoisotopic (exact) mass is 603 g/mol. The summed E-state index contributed by atoms with van der Waals surface area (Å²) in [5.74, 6) is 0.349. The Morgan fingerprint density at radius 3 is 2.56 bits per heavy atom. The van der Waals surface area contributed by atoms with Gasteiger partial charge < -0.3 is 30.8 Å². The minimum absolute atomic E-state index is 0.0304. The molecule has 0 amide bonds. The van der Waals surface area contributed by atoms with Gasteiger partial charge in [-0.05, 0) is 46.9 Å². The van der Waals surface area contributed by atoms with Gasteiger partial charge in [0.25, 0.3) is 0 Å². The van der Waals surface area contributed by atoms with Crippen molar-refractivity contribution in [2.24, 2.45) is 0 Å². The average Bonchev–Trinajstić information content (AvgIpc) is 3.39. The normalized spacial score (nSPS) is 24.5. The number of allylic oxidation sites excluding steroid dienone is 1. The number of aromatic nitrogens is 2. The summed E-state index contributed by atoms with van der Waals surface area (Å²) in [4.78, 5) is 8.68. The van der Waals surface area contributed by atoms with E-state index in [0.29, 0.717) is 24.1 Å². The fraction of sp³-hybridized carbons (Fsp3) is 0.350. The Kier molecular flexibility index (Phi) is 7.61. The zero-order valence-corrected chi connectivity index (χ0v) is 20.9. The van der Waals surface area contributed by atoms with Gasteiger partial charge in [0.1, 0.15) is 23.8 Å². The maximum Gasteiger partial charge on any atom is 0.240 e. The van der Waals surface area contributed by atoms with Crippen LogP contribution in [-0.2, 0) is 19.5 Å². The lowest BCUT2D eigenvalue weighted by Gasteiger charge is -2.19. The highest BCUT2D eigenvalue weighted by molar-refractivity contribution is 14.1. The molecule has 1 aromatic carbocycles. The van der Waals surface area contributed by atoms with Crippen LogP contribution in [0.15, 0.2) is 47.3 Å². The molecule has 5 N–H and O–H groups in total. The predicted molar refractivity (Wildman–Crippen MR) is 132 cm³/mol. The summed E-state index contributed by atoms with van der Waals surface area (Å²) in [6, 6.07) is 3.76. The predicted octanol–water partition coefficient (Wildman–Crippen LogP) is 1.27. The number of fused-ring (bicyclic) bond motifs is 1. The minimum Gasteiger partial charge on any atom is -0.392 e. The Morgan fingerprint density at radius 1 is 1.21 bits per heavy atom. The number of sulfonamides is 1. The van der Waals surface area contributed by atoms with Gasteiger partial charge in [-0.15, -0.1) is 0 Å². The van der Waals surface area contributed by atoms with E-state index in [1.807, 2.05) is 0 Å². The quantitative estimate of drug-likeness (QED) is 0.211. The molecule has 2 fully saturated rings. The largest absolute Gasteiger partial charge is 0.392 e. The van der Waals surface area contributed by atoms with Gasteiger partial charge in [-0.1, -0.05) is 0 Å². The Labute approximate surface area is 209 Å². The molecule has 2 aliphatic rings. The second-order valence-electron chi connectivity index (χ2n) is 7.58. The van der Waals surface area contributed by atoms with E-state index in [4.69, 9.17) is 14.9 Å². The van der Waals surface area contributed by atoms with Crippen LogP contribution in [0, 0.1) is 14.8 Å². The van der Waals surface area contributed by atoms with E-state index in [9.17, 15) is 12.8 Å². The van der Waals surface area contributed by atoms with Crippen molar-refractivity contribution in [3.05, 3.63) is 51.7 Å². The Hall–Kier alpha value is -2.40. The first-order valence-corrected chi connectivity index (χ1v) is 12.8. The maximum absolute atomic E-state index is 13.2. The molecule has 34 heavy (non-hydrogen) atoms. The lowest BCUT2D eigenvalue weighted by Crippen LogP contribution is -2.44. The third-order valence-electron chi connectivity index (χ3n) is 5.26. The summed E-state index contributed by atoms with van der Waals surface area (Å²) in [7, 11) is -2.14. The van der Waals surface area contributed by atoms with Crippen LogP contribution in [0.3, 0.4) is 0 Å². The highest BCUT2D eigenvalue weighted by atomic mass is 127. The van der Waals surface area contributed by atoms with Crippen LogP contribution in [0.1, 0.15) is 0 Å². The van der Waals surface area contributed by atoms with E-state index >= 15 is 0 Å². The Balaban J connectivity index is 1.43. The summed E-state index contributed by atoms with van der Waals surface area (Å²) >= 11 is 2.11. The van der Waals surface area contributed by atoms with Crippen molar-refractivity contribution in [2.75, 3.05) is 30.9 Å². The molecule has 0 spiro atoms. The highest BCUT2D eigenvalue weighted by Gasteiger charge is 2.49. The number of hydrogen-bond donors (Lipinski definition) is 5. The molecule has 2 saturated heterocycles. The summed E-state index contributed by atoms with van der Waals surface area (Å²) < 4.78 is 53.7. The van der Waals surface area contributed by atoms with Crippen LogP contribution >= 0.6 is 22.6 Å². The molecule has 14 heteroatoms. The van der Waals surface area contributed by atoms with Gasteiger partial charge in [0.2, 0.25) is 16.0 Å². The first-order chi connectivity index (χ1) is 16.3. The lowest BCUT2D eigenvalue weighted by molar-refractivity contribution is 0.0690. The minimum atomic E-state index is -3.86. The van der Waals surface area contributed by atoms with Crippen LogP contribution < -0.4 is 20.7 Å². The first kappa shape index (κ1) is 24.7. The van der Waals surface area contributed by atoms with Crippen LogP contribution in [0.25, 0.3) is 0 Å². The van der Waals surface area contributed by atoms with E-state index < -0.39 is 34.1 Å². The molecule has 1 aromatic heterocycles. The van der Waals surface area contributed by atoms with E-state index in [-0.39, 0.29) is 17.5 Å². The van der Waals surface area contributed by atoms with Crippen molar-refractivity contribution >= 4 is 50.6 Å². The molecule has 0 bridgehead atoms. The number of halogens is 2. The van der Waals surface area contributed by atoms with Gasteiger partial charge in [0, 0.05) is 25.7 Å². The molecular formula is C20H23FIN7O4S. The van der Waals surface area contributed by atoms with Crippen LogP contribution in [0.5, 0.6) is 0 Å². The Morgan fingerprint density at radius 2 is 1.88 bits per heavy atom. The van der Waals surface area contributed by atoms with Gasteiger partial charge in [0.05, 0.1) is 39.5 Å². The van der Waals surface area contributed by atoms with Gasteiger partial charge in [-0.2, -0.15) is 4.98 Å². The summed E-state index contributed by atoms with van der Waals surface area (Å²) in [5.41, 5.74) is 0.481. The van der Waals surface area contributed by atoms with E-state index in [0.717, 1.165) is 21.9 Å². The fourth-order valence-electron chi connectivity index (χ4n) is 3.71. The molecule has 11 nitrogen and oxygen atoms in total. The van der Waals surface area contributed by atoms with Crippen molar-refractivity contribution in [3.63, 3.8) is 0 Å². The molecule has 0 saturated carbocycles. The molecule has 3 heterocycles. The SMILES string of the molecule is CN/C=C(\C=N)Nc1ncc(I)c(N[C@@H]2COC3C(NS(=O)(=O)c4ccc(F)cc4)COC32)n1. The summed E-state index contributed by atoms with van der Waals surface area (Å²) in [6.45, 7) is 0.428. The van der Waals surface area contributed by atoms with Crippen LogP contribution in [0.2, 0.25) is 0 Å². The first-order valence-electron chi connectivity index (χ1n) is 10.3. The van der Waals surface area contributed by atoms with E-state index in [2.05, 4.69) is 53.2 Å². The van der Waals surface area contributed by atoms with E-state index in [1.165, 1.54) is 12.1 Å². The zero-order valence-electron chi connectivity index (χ0n) is 18.0. The molecule has 182 valence electrons. The maximum atomic E-state index is 13.2. The van der Waals surface area contributed by atoms with Crippen molar-refractivity contribution in [2.45, 2.75) is 29.2 Å². The number of ether oxygens (including phenoxy) is 2. The molecule has 2 aromatic rings. The molecule has 4 atom stereocenters. The van der Waals surface area contributed by atoms with E-state index in [1.54, 1.807) is 19.4 Å². The third-order valence-corrected chi connectivity index (χ3v) is 7.56. The summed E-state index contributed by atoms with van der Waals surface area (Å²) in [6.07, 6.45) is 3.50. The second-order valence-corrected chi connectivity index (χ2v) is 10.5. The number of rotatable bonds is 9. The van der Waals surface area contributed by atoms with Gasteiger partial charge in [0.15, 0.2) is 0 Å².